The highest BCUT2D eigenvalue weighted by Gasteiger charge is 2.41. The smallest absolute Gasteiger partial charge is 0.245 e. The van der Waals surface area contributed by atoms with Crippen LogP contribution in [0.4, 0.5) is 5.69 Å². The summed E-state index contributed by atoms with van der Waals surface area (Å²) < 4.78 is 26.2. The molecule has 9 heteroatoms. The van der Waals surface area contributed by atoms with E-state index in [1.54, 1.807) is 6.92 Å². The number of piperazine rings is 1. The molecule has 0 aromatic heterocycles. The Hall–Kier alpha value is -1.64. The summed E-state index contributed by atoms with van der Waals surface area (Å²) in [4.78, 5) is 23.1. The summed E-state index contributed by atoms with van der Waals surface area (Å²) in [7, 11) is -4.07. The molecule has 0 bridgehead atoms. The normalized spacial score (nSPS) is 20.4. The molecule has 1 aromatic rings. The second kappa shape index (κ2) is 5.63. The quantitative estimate of drug-likeness (QED) is 0.613. The van der Waals surface area contributed by atoms with E-state index in [0.29, 0.717) is 5.69 Å². The number of nitrogen functional groups attached to an aromatic ring is 1. The van der Waals surface area contributed by atoms with Crippen molar-refractivity contribution in [2.75, 3.05) is 12.3 Å². The molecule has 1 aliphatic rings. The van der Waals surface area contributed by atoms with E-state index < -0.39 is 34.4 Å². The number of nitrogens with one attached hydrogen (secondary N) is 1. The van der Waals surface area contributed by atoms with Gasteiger partial charge in [-0.15, -0.1) is 0 Å². The van der Waals surface area contributed by atoms with Crippen molar-refractivity contribution in [1.29, 1.82) is 0 Å². The van der Waals surface area contributed by atoms with Gasteiger partial charge in [-0.3, -0.25) is 14.9 Å². The van der Waals surface area contributed by atoms with Crippen LogP contribution in [0.1, 0.15) is 13.3 Å². The molecule has 2 amide bonds. The van der Waals surface area contributed by atoms with Crippen molar-refractivity contribution in [1.82, 2.24) is 9.62 Å². The second-order valence-corrected chi connectivity index (χ2v) is 6.84. The number of rotatable bonds is 3. The molecule has 1 saturated heterocycles. The molecule has 0 radical (unpaired) electrons. The number of nitrogens with zero attached hydrogens (tertiary/aromatic N) is 1. The van der Waals surface area contributed by atoms with Crippen LogP contribution in [0.15, 0.2) is 23.1 Å². The standard InChI is InChI=1S/C12H14ClN3O4S/c1-2-9-12(18)15-11(17)6-16(9)21(19,20)10-4-3-7(14)5-8(10)13/h3-5,9H,2,6,14H2,1H3,(H,15,17,18). The first kappa shape index (κ1) is 15.7. The number of halogens is 1. The van der Waals surface area contributed by atoms with E-state index >= 15 is 0 Å². The summed E-state index contributed by atoms with van der Waals surface area (Å²) in [5, 5.41) is 2.07. The molecule has 21 heavy (non-hydrogen) atoms. The number of imide groups is 1. The molecule has 7 nitrogen and oxygen atoms in total. The van der Waals surface area contributed by atoms with E-state index in [0.717, 1.165) is 4.31 Å². The average Bonchev–Trinajstić information content (AvgIpc) is 2.37. The highest BCUT2D eigenvalue weighted by atomic mass is 35.5. The van der Waals surface area contributed by atoms with Crippen LogP contribution in [0.5, 0.6) is 0 Å². The Labute approximate surface area is 127 Å². The maximum Gasteiger partial charge on any atom is 0.245 e. The van der Waals surface area contributed by atoms with Gasteiger partial charge in [-0.25, -0.2) is 8.42 Å². The maximum absolute atomic E-state index is 12.6. The number of carbonyl (C=O) groups is 2. The van der Waals surface area contributed by atoms with Crippen LogP contribution in [-0.2, 0) is 19.6 Å². The minimum absolute atomic E-state index is 0.0525. The summed E-state index contributed by atoms with van der Waals surface area (Å²) in [5.74, 6) is -1.30. The van der Waals surface area contributed by atoms with Gasteiger partial charge in [0.05, 0.1) is 11.6 Å². The zero-order valence-corrected chi connectivity index (χ0v) is 12.7. The first-order chi connectivity index (χ1) is 9.77. The van der Waals surface area contributed by atoms with Gasteiger partial charge in [0.25, 0.3) is 0 Å². The van der Waals surface area contributed by atoms with E-state index in [2.05, 4.69) is 5.32 Å². The Morgan fingerprint density at radius 3 is 2.67 bits per heavy atom. The van der Waals surface area contributed by atoms with E-state index in [-0.39, 0.29) is 16.3 Å². The lowest BCUT2D eigenvalue weighted by Crippen LogP contribution is -2.59. The number of sulfonamides is 1. The van der Waals surface area contributed by atoms with Gasteiger partial charge in [0.15, 0.2) is 0 Å². The molecule has 114 valence electrons. The van der Waals surface area contributed by atoms with Gasteiger partial charge in [-0.05, 0) is 24.6 Å². The Kier molecular flexibility index (Phi) is 4.22. The second-order valence-electron chi connectivity index (χ2n) is 4.58. The summed E-state index contributed by atoms with van der Waals surface area (Å²) in [6.07, 6.45) is 0.241. The highest BCUT2D eigenvalue weighted by Crippen LogP contribution is 2.29. The third-order valence-corrected chi connectivity index (χ3v) is 5.48. The molecular formula is C12H14ClN3O4S. The average molecular weight is 332 g/mol. The molecule has 0 spiro atoms. The van der Waals surface area contributed by atoms with Crippen molar-refractivity contribution in [3.8, 4) is 0 Å². The van der Waals surface area contributed by atoms with Gasteiger partial charge in [0.1, 0.15) is 10.9 Å². The van der Waals surface area contributed by atoms with E-state index in [4.69, 9.17) is 17.3 Å². The first-order valence-corrected chi connectivity index (χ1v) is 7.99. The Morgan fingerprint density at radius 2 is 2.10 bits per heavy atom. The highest BCUT2D eigenvalue weighted by molar-refractivity contribution is 7.89. The third-order valence-electron chi connectivity index (χ3n) is 3.14. The van der Waals surface area contributed by atoms with Crippen molar-refractivity contribution < 1.29 is 18.0 Å². The van der Waals surface area contributed by atoms with Crippen LogP contribution in [0.2, 0.25) is 5.02 Å². The summed E-state index contributed by atoms with van der Waals surface area (Å²) in [6, 6.07) is 3.02. The lowest BCUT2D eigenvalue weighted by atomic mass is 10.2. The molecule has 1 aromatic carbocycles. The van der Waals surface area contributed by atoms with Crippen LogP contribution in [-0.4, -0.2) is 37.1 Å². The molecule has 1 fully saturated rings. The van der Waals surface area contributed by atoms with Crippen molar-refractivity contribution in [3.05, 3.63) is 23.2 Å². The lowest BCUT2D eigenvalue weighted by Gasteiger charge is -2.32. The molecule has 3 N–H and O–H groups in total. The molecule has 1 aliphatic heterocycles. The number of amides is 2. The van der Waals surface area contributed by atoms with Crippen molar-refractivity contribution in [2.45, 2.75) is 24.3 Å². The Balaban J connectivity index is 2.50. The van der Waals surface area contributed by atoms with Crippen LogP contribution < -0.4 is 11.1 Å². The van der Waals surface area contributed by atoms with Gasteiger partial charge >= 0.3 is 0 Å². The Morgan fingerprint density at radius 1 is 1.43 bits per heavy atom. The molecule has 1 atom stereocenters. The zero-order chi connectivity index (χ0) is 15.8. The minimum Gasteiger partial charge on any atom is -0.399 e. The summed E-state index contributed by atoms with van der Waals surface area (Å²) in [5.41, 5.74) is 5.85. The molecule has 0 saturated carbocycles. The predicted molar refractivity (Wildman–Crippen MR) is 77.0 cm³/mol. The first-order valence-electron chi connectivity index (χ1n) is 6.18. The number of hydrogen-bond acceptors (Lipinski definition) is 5. The van der Waals surface area contributed by atoms with E-state index in [9.17, 15) is 18.0 Å². The number of hydrogen-bond donors (Lipinski definition) is 2. The molecular weight excluding hydrogens is 318 g/mol. The Bertz CT molecular complexity index is 704. The van der Waals surface area contributed by atoms with Crippen molar-refractivity contribution in [2.24, 2.45) is 0 Å². The zero-order valence-electron chi connectivity index (χ0n) is 11.2. The van der Waals surface area contributed by atoms with Crippen molar-refractivity contribution in [3.63, 3.8) is 0 Å². The molecule has 0 aliphatic carbocycles. The maximum atomic E-state index is 12.6. The topological polar surface area (TPSA) is 110 Å². The van der Waals surface area contributed by atoms with Gasteiger partial charge in [-0.1, -0.05) is 18.5 Å². The number of anilines is 1. The van der Waals surface area contributed by atoms with Gasteiger partial charge in [0, 0.05) is 5.69 Å². The summed E-state index contributed by atoms with van der Waals surface area (Å²) >= 11 is 5.93. The fourth-order valence-corrected chi connectivity index (χ4v) is 4.28. The molecule has 1 heterocycles. The van der Waals surface area contributed by atoms with Crippen molar-refractivity contribution >= 4 is 39.1 Å². The van der Waals surface area contributed by atoms with E-state index in [1.807, 2.05) is 0 Å². The fraction of sp³-hybridized carbons (Fsp3) is 0.333. The fourth-order valence-electron chi connectivity index (χ4n) is 2.14. The van der Waals surface area contributed by atoms with Gasteiger partial charge in [0.2, 0.25) is 21.8 Å². The predicted octanol–water partition coefficient (Wildman–Crippen LogP) is 0.348. The number of carbonyl (C=O) groups excluding carboxylic acids is 2. The van der Waals surface area contributed by atoms with Crippen LogP contribution in [0.25, 0.3) is 0 Å². The lowest BCUT2D eigenvalue weighted by molar-refractivity contribution is -0.137. The SMILES string of the molecule is CCC1C(=O)NC(=O)CN1S(=O)(=O)c1ccc(N)cc1Cl. The summed E-state index contributed by atoms with van der Waals surface area (Å²) in [6.45, 7) is 1.24. The van der Waals surface area contributed by atoms with Gasteiger partial charge in [-0.2, -0.15) is 4.31 Å². The molecule has 2 rings (SSSR count). The third kappa shape index (κ3) is 2.87. The minimum atomic E-state index is -4.07. The van der Waals surface area contributed by atoms with Crippen LogP contribution in [0.3, 0.4) is 0 Å². The monoisotopic (exact) mass is 331 g/mol. The van der Waals surface area contributed by atoms with Gasteiger partial charge < -0.3 is 5.73 Å². The van der Waals surface area contributed by atoms with E-state index in [1.165, 1.54) is 18.2 Å². The largest absolute Gasteiger partial charge is 0.399 e. The van der Waals surface area contributed by atoms with Crippen LogP contribution in [0, 0.1) is 0 Å². The van der Waals surface area contributed by atoms with Crippen LogP contribution >= 0.6 is 11.6 Å². The number of benzene rings is 1. The number of nitrogens with two attached hydrogens (primary N) is 1. The molecule has 1 unspecified atom stereocenters.